The Labute approximate surface area is 136 Å². The van der Waals surface area contributed by atoms with Crippen LogP contribution in [0.15, 0.2) is 36.4 Å². The quantitative estimate of drug-likeness (QED) is 0.889. The molecule has 0 spiro atoms. The Hall–Kier alpha value is -2.00. The molecule has 1 atom stereocenters. The van der Waals surface area contributed by atoms with Gasteiger partial charge in [0.15, 0.2) is 6.10 Å². The van der Waals surface area contributed by atoms with E-state index in [0.717, 1.165) is 22.4 Å². The summed E-state index contributed by atoms with van der Waals surface area (Å²) in [6.07, 6.45) is -0.597. The number of hydrogen-bond acceptors (Lipinski definition) is 2. The molecule has 0 saturated heterocycles. The molecule has 0 aliphatic rings. The zero-order valence-corrected chi connectivity index (χ0v) is 14.0. The molecule has 1 amide bonds. The largest absolute Gasteiger partial charge is 0.481 e. The molecule has 0 aliphatic carbocycles. The van der Waals surface area contributed by atoms with Crippen molar-refractivity contribution in [2.45, 2.75) is 33.8 Å². The number of ether oxygens (including phenoxy) is 1. The third-order valence-electron chi connectivity index (χ3n) is 3.67. The topological polar surface area (TPSA) is 38.3 Å². The molecule has 0 heterocycles. The number of anilines is 1. The van der Waals surface area contributed by atoms with Crippen LogP contribution in [0.2, 0.25) is 5.02 Å². The molecule has 3 nitrogen and oxygen atoms in total. The van der Waals surface area contributed by atoms with Crippen molar-refractivity contribution >= 4 is 23.2 Å². The van der Waals surface area contributed by atoms with Crippen molar-refractivity contribution in [1.82, 2.24) is 0 Å². The maximum atomic E-state index is 12.3. The van der Waals surface area contributed by atoms with Gasteiger partial charge in [0.05, 0.1) is 0 Å². The van der Waals surface area contributed by atoms with Gasteiger partial charge in [-0.2, -0.15) is 0 Å². The smallest absolute Gasteiger partial charge is 0.265 e. The van der Waals surface area contributed by atoms with E-state index in [9.17, 15) is 4.79 Å². The van der Waals surface area contributed by atoms with Crippen LogP contribution in [0.1, 0.15) is 23.6 Å². The summed E-state index contributed by atoms with van der Waals surface area (Å²) in [5.41, 5.74) is 3.93. The minimum atomic E-state index is -0.597. The van der Waals surface area contributed by atoms with Crippen LogP contribution in [0.5, 0.6) is 5.75 Å². The summed E-state index contributed by atoms with van der Waals surface area (Å²) in [4.78, 5) is 12.3. The number of amides is 1. The predicted molar refractivity (Wildman–Crippen MR) is 90.8 cm³/mol. The molecular formula is C18H20ClNO2. The second kappa shape index (κ2) is 6.84. The molecule has 4 heteroatoms. The molecule has 0 bridgehead atoms. The van der Waals surface area contributed by atoms with E-state index in [1.165, 1.54) is 0 Å². The zero-order valence-electron chi connectivity index (χ0n) is 13.2. The van der Waals surface area contributed by atoms with Gasteiger partial charge in [-0.25, -0.2) is 0 Å². The van der Waals surface area contributed by atoms with Crippen molar-refractivity contribution in [3.05, 3.63) is 58.1 Å². The highest BCUT2D eigenvalue weighted by molar-refractivity contribution is 6.31. The van der Waals surface area contributed by atoms with Crippen LogP contribution in [0.25, 0.3) is 0 Å². The number of benzene rings is 2. The molecule has 2 rings (SSSR count). The Bertz CT molecular complexity index is 697. The normalized spacial score (nSPS) is 11.9. The van der Waals surface area contributed by atoms with E-state index in [4.69, 9.17) is 16.3 Å². The van der Waals surface area contributed by atoms with Crippen molar-refractivity contribution in [1.29, 1.82) is 0 Å². The van der Waals surface area contributed by atoms with E-state index in [1.807, 2.05) is 45.0 Å². The van der Waals surface area contributed by atoms with E-state index >= 15 is 0 Å². The fourth-order valence-electron chi connectivity index (χ4n) is 2.07. The molecule has 0 aromatic heterocycles. The number of rotatable bonds is 4. The van der Waals surface area contributed by atoms with Gasteiger partial charge >= 0.3 is 0 Å². The minimum absolute atomic E-state index is 0.179. The number of carbonyl (C=O) groups excluding carboxylic acids is 1. The molecule has 1 N–H and O–H groups in total. The highest BCUT2D eigenvalue weighted by Gasteiger charge is 2.16. The van der Waals surface area contributed by atoms with Crippen molar-refractivity contribution in [2.75, 3.05) is 5.32 Å². The first-order chi connectivity index (χ1) is 10.4. The van der Waals surface area contributed by atoms with Gasteiger partial charge in [-0.05, 0) is 68.7 Å². The van der Waals surface area contributed by atoms with Gasteiger partial charge in [0, 0.05) is 10.7 Å². The van der Waals surface area contributed by atoms with Gasteiger partial charge in [0.2, 0.25) is 0 Å². The van der Waals surface area contributed by atoms with Crippen LogP contribution in [-0.4, -0.2) is 12.0 Å². The molecule has 2 aromatic rings. The summed E-state index contributed by atoms with van der Waals surface area (Å²) < 4.78 is 5.68. The molecule has 116 valence electrons. The molecule has 22 heavy (non-hydrogen) atoms. The lowest BCUT2D eigenvalue weighted by Crippen LogP contribution is -2.30. The van der Waals surface area contributed by atoms with Crippen molar-refractivity contribution in [3.63, 3.8) is 0 Å². The molecule has 0 saturated carbocycles. The van der Waals surface area contributed by atoms with Crippen LogP contribution in [0.3, 0.4) is 0 Å². The predicted octanol–water partition coefficient (Wildman–Crippen LogP) is 4.67. The summed E-state index contributed by atoms with van der Waals surface area (Å²) in [5.74, 6) is 0.451. The Morgan fingerprint density at radius 2 is 1.86 bits per heavy atom. The van der Waals surface area contributed by atoms with Crippen molar-refractivity contribution in [2.24, 2.45) is 0 Å². The van der Waals surface area contributed by atoms with Gasteiger partial charge in [-0.1, -0.05) is 23.7 Å². The number of carbonyl (C=O) groups is 1. The maximum absolute atomic E-state index is 12.3. The second-order valence-corrected chi connectivity index (χ2v) is 5.81. The first-order valence-electron chi connectivity index (χ1n) is 7.18. The van der Waals surface area contributed by atoms with Crippen LogP contribution in [0.4, 0.5) is 5.69 Å². The lowest BCUT2D eigenvalue weighted by atomic mass is 10.1. The van der Waals surface area contributed by atoms with E-state index in [0.29, 0.717) is 10.8 Å². The number of halogens is 1. The minimum Gasteiger partial charge on any atom is -0.481 e. The van der Waals surface area contributed by atoms with E-state index in [1.54, 1.807) is 19.1 Å². The molecule has 2 aromatic carbocycles. The third kappa shape index (κ3) is 3.80. The van der Waals surface area contributed by atoms with Crippen LogP contribution in [0, 0.1) is 20.8 Å². The summed E-state index contributed by atoms with van der Waals surface area (Å²) in [6, 6.07) is 11.2. The summed E-state index contributed by atoms with van der Waals surface area (Å²) in [6.45, 7) is 7.63. The molecular weight excluding hydrogens is 298 g/mol. The first-order valence-corrected chi connectivity index (χ1v) is 7.56. The fourth-order valence-corrected chi connectivity index (χ4v) is 2.19. The van der Waals surface area contributed by atoms with Gasteiger partial charge in [0.1, 0.15) is 5.75 Å². The van der Waals surface area contributed by atoms with Crippen LogP contribution < -0.4 is 10.1 Å². The van der Waals surface area contributed by atoms with Crippen LogP contribution >= 0.6 is 11.6 Å². The highest BCUT2D eigenvalue weighted by atomic mass is 35.5. The first kappa shape index (κ1) is 16.4. The Kier molecular flexibility index (Phi) is 5.09. The number of nitrogens with one attached hydrogen (secondary N) is 1. The molecule has 0 unspecified atom stereocenters. The van der Waals surface area contributed by atoms with E-state index in [2.05, 4.69) is 5.32 Å². The third-order valence-corrected chi connectivity index (χ3v) is 4.10. The van der Waals surface area contributed by atoms with Crippen LogP contribution in [-0.2, 0) is 4.79 Å². The van der Waals surface area contributed by atoms with Gasteiger partial charge in [-0.15, -0.1) is 0 Å². The fraction of sp³-hybridized carbons (Fsp3) is 0.278. The Balaban J connectivity index is 2.06. The average molecular weight is 318 g/mol. The highest BCUT2D eigenvalue weighted by Crippen LogP contribution is 2.23. The molecule has 0 fully saturated rings. The lowest BCUT2D eigenvalue weighted by Gasteiger charge is -2.17. The van der Waals surface area contributed by atoms with Crippen molar-refractivity contribution in [3.8, 4) is 5.75 Å². The summed E-state index contributed by atoms with van der Waals surface area (Å²) in [7, 11) is 0. The number of aryl methyl sites for hydroxylation is 2. The summed E-state index contributed by atoms with van der Waals surface area (Å²) in [5, 5.41) is 3.59. The van der Waals surface area contributed by atoms with Gasteiger partial charge in [-0.3, -0.25) is 4.79 Å². The zero-order chi connectivity index (χ0) is 16.3. The lowest BCUT2D eigenvalue weighted by molar-refractivity contribution is -0.122. The molecule has 0 radical (unpaired) electrons. The average Bonchev–Trinajstić information content (AvgIpc) is 2.47. The number of hydrogen-bond donors (Lipinski definition) is 1. The molecule has 0 aliphatic heterocycles. The standard InChI is InChI=1S/C18H20ClNO2/c1-11-6-5-7-17(13(11)3)20-18(21)14(4)22-15-8-9-16(19)12(2)10-15/h5-10,14H,1-4H3,(H,20,21)/t14-/m1/s1. The second-order valence-electron chi connectivity index (χ2n) is 5.41. The maximum Gasteiger partial charge on any atom is 0.265 e. The Morgan fingerprint density at radius 1 is 1.14 bits per heavy atom. The van der Waals surface area contributed by atoms with E-state index in [-0.39, 0.29) is 5.91 Å². The van der Waals surface area contributed by atoms with Gasteiger partial charge in [0.25, 0.3) is 5.91 Å². The van der Waals surface area contributed by atoms with Crippen molar-refractivity contribution < 1.29 is 9.53 Å². The SMILES string of the molecule is Cc1cc(O[C@H](C)C(=O)Nc2cccc(C)c2C)ccc1Cl. The van der Waals surface area contributed by atoms with Gasteiger partial charge < -0.3 is 10.1 Å². The van der Waals surface area contributed by atoms with E-state index < -0.39 is 6.10 Å². The monoisotopic (exact) mass is 317 g/mol. The Morgan fingerprint density at radius 3 is 2.55 bits per heavy atom. The summed E-state index contributed by atoms with van der Waals surface area (Å²) >= 11 is 5.98.